The molecule has 0 atom stereocenters. The van der Waals surface area contributed by atoms with Crippen molar-refractivity contribution in [3.63, 3.8) is 0 Å². The molecule has 1 aliphatic rings. The number of thioether (sulfide) groups is 1. The van der Waals surface area contributed by atoms with Gasteiger partial charge in [0.1, 0.15) is 11.4 Å². The zero-order valence-electron chi connectivity index (χ0n) is 9.47. The van der Waals surface area contributed by atoms with Crippen molar-refractivity contribution in [3.05, 3.63) is 0 Å². The van der Waals surface area contributed by atoms with Crippen molar-refractivity contribution < 1.29 is 4.79 Å². The Kier molecular flexibility index (Phi) is 2.95. The fourth-order valence-corrected chi connectivity index (χ4v) is 1.76. The van der Waals surface area contributed by atoms with Crippen LogP contribution in [0.25, 0.3) is 0 Å². The summed E-state index contributed by atoms with van der Waals surface area (Å²) in [5.74, 6) is 1.58. The summed E-state index contributed by atoms with van der Waals surface area (Å²) in [5, 5.41) is 2.81. The predicted molar refractivity (Wildman–Crippen MR) is 61.9 cm³/mol. The molecule has 1 amide bonds. The molecule has 4 heteroatoms. The van der Waals surface area contributed by atoms with Gasteiger partial charge in [0.15, 0.2) is 0 Å². The van der Waals surface area contributed by atoms with Crippen LogP contribution < -0.4 is 5.32 Å². The van der Waals surface area contributed by atoms with Gasteiger partial charge in [0.05, 0.1) is 5.75 Å². The number of carbonyl (C=O) groups excluding carboxylic acids is 1. The van der Waals surface area contributed by atoms with Crippen molar-refractivity contribution in [1.82, 2.24) is 5.32 Å². The number of hydrogen-bond acceptors (Lipinski definition) is 3. The van der Waals surface area contributed by atoms with Crippen LogP contribution in [0, 0.1) is 0 Å². The van der Waals surface area contributed by atoms with E-state index >= 15 is 0 Å². The molecule has 0 unspecified atom stereocenters. The van der Waals surface area contributed by atoms with Gasteiger partial charge < -0.3 is 5.32 Å². The highest BCUT2D eigenvalue weighted by Gasteiger charge is 2.34. The molecule has 0 aromatic rings. The van der Waals surface area contributed by atoms with Crippen molar-refractivity contribution >= 4 is 23.5 Å². The molecule has 0 fully saturated rings. The molecule has 0 saturated carbocycles. The Morgan fingerprint density at radius 3 is 2.36 bits per heavy atom. The Morgan fingerprint density at radius 1 is 1.43 bits per heavy atom. The zero-order valence-corrected chi connectivity index (χ0v) is 10.3. The lowest BCUT2D eigenvalue weighted by Crippen LogP contribution is -2.35. The minimum atomic E-state index is -0.576. The van der Waals surface area contributed by atoms with Gasteiger partial charge in [-0.2, -0.15) is 0 Å². The fraction of sp³-hybridized carbons (Fsp3) is 0.800. The van der Waals surface area contributed by atoms with Crippen molar-refractivity contribution in [2.45, 2.75) is 44.9 Å². The lowest BCUT2D eigenvalue weighted by molar-refractivity contribution is -0.122. The number of aliphatic imine (C=N–C) groups is 1. The summed E-state index contributed by atoms with van der Waals surface area (Å²) in [7, 11) is 0. The van der Waals surface area contributed by atoms with Crippen LogP contribution in [0.4, 0.5) is 0 Å². The molecular formula is C10H18N2OS. The number of nitrogens with zero attached hydrogens (tertiary/aromatic N) is 1. The second-order valence-electron chi connectivity index (χ2n) is 4.97. The van der Waals surface area contributed by atoms with E-state index in [0.717, 1.165) is 11.6 Å². The normalized spacial score (nSPS) is 20.6. The first-order valence-corrected chi connectivity index (χ1v) is 5.73. The van der Waals surface area contributed by atoms with Crippen LogP contribution in [-0.2, 0) is 4.79 Å². The SMILES string of the molecule is CC(C)(C)SCC1=NC(C)(C)C(=O)N1. The molecule has 0 bridgehead atoms. The largest absolute Gasteiger partial charge is 0.312 e. The van der Waals surface area contributed by atoms with Crippen molar-refractivity contribution in [2.75, 3.05) is 5.75 Å². The molecule has 0 radical (unpaired) electrons. The molecule has 0 aromatic carbocycles. The molecule has 1 N–H and O–H groups in total. The molecular weight excluding hydrogens is 196 g/mol. The van der Waals surface area contributed by atoms with Gasteiger partial charge in [-0.3, -0.25) is 9.79 Å². The summed E-state index contributed by atoms with van der Waals surface area (Å²) in [6.45, 7) is 10.1. The highest BCUT2D eigenvalue weighted by molar-refractivity contribution is 8.01. The van der Waals surface area contributed by atoms with Crippen molar-refractivity contribution in [2.24, 2.45) is 4.99 Å². The fourth-order valence-electron chi connectivity index (χ4n) is 1.05. The maximum atomic E-state index is 11.4. The summed E-state index contributed by atoms with van der Waals surface area (Å²) >= 11 is 1.79. The molecule has 0 spiro atoms. The number of nitrogens with one attached hydrogen (secondary N) is 1. The summed E-state index contributed by atoms with van der Waals surface area (Å²) in [6, 6.07) is 0. The molecule has 0 aromatic heterocycles. The van der Waals surface area contributed by atoms with Gasteiger partial charge in [0.2, 0.25) is 0 Å². The van der Waals surface area contributed by atoms with E-state index in [1.165, 1.54) is 0 Å². The Hall–Kier alpha value is -0.510. The monoisotopic (exact) mass is 214 g/mol. The van der Waals surface area contributed by atoms with Crippen LogP contribution in [0.5, 0.6) is 0 Å². The first kappa shape index (κ1) is 11.6. The molecule has 1 heterocycles. The van der Waals surface area contributed by atoms with E-state index in [1.54, 1.807) is 11.8 Å². The van der Waals surface area contributed by atoms with Crippen LogP contribution >= 0.6 is 11.8 Å². The molecule has 0 aliphatic carbocycles. The van der Waals surface area contributed by atoms with E-state index in [1.807, 2.05) is 13.8 Å². The first-order valence-electron chi connectivity index (χ1n) is 4.75. The van der Waals surface area contributed by atoms with Crippen LogP contribution in [-0.4, -0.2) is 27.8 Å². The van der Waals surface area contributed by atoms with E-state index in [4.69, 9.17) is 0 Å². The predicted octanol–water partition coefficient (Wildman–Crippen LogP) is 1.82. The Bertz CT molecular complexity index is 276. The van der Waals surface area contributed by atoms with Gasteiger partial charge in [0.25, 0.3) is 5.91 Å². The second-order valence-corrected chi connectivity index (χ2v) is 6.77. The van der Waals surface area contributed by atoms with Gasteiger partial charge in [-0.15, -0.1) is 11.8 Å². The Labute approximate surface area is 89.7 Å². The standard InChI is InChI=1S/C10H18N2OS/c1-9(2,3)14-6-7-11-8(13)10(4,5)12-7/h6H2,1-5H3,(H,11,12,13). The van der Waals surface area contributed by atoms with Crippen LogP contribution in [0.1, 0.15) is 34.6 Å². The van der Waals surface area contributed by atoms with Crippen LogP contribution in [0.15, 0.2) is 4.99 Å². The summed E-state index contributed by atoms with van der Waals surface area (Å²) in [4.78, 5) is 15.7. The summed E-state index contributed by atoms with van der Waals surface area (Å²) in [6.07, 6.45) is 0. The quantitative estimate of drug-likeness (QED) is 0.762. The van der Waals surface area contributed by atoms with Crippen LogP contribution in [0.3, 0.4) is 0 Å². The van der Waals surface area contributed by atoms with Gasteiger partial charge in [-0.25, -0.2) is 0 Å². The van der Waals surface area contributed by atoms with Gasteiger partial charge in [-0.1, -0.05) is 20.8 Å². The lowest BCUT2D eigenvalue weighted by atomic mass is 10.1. The summed E-state index contributed by atoms with van der Waals surface area (Å²) < 4.78 is 0.208. The maximum Gasteiger partial charge on any atom is 0.252 e. The number of hydrogen-bond donors (Lipinski definition) is 1. The molecule has 1 rings (SSSR count). The number of amides is 1. The third kappa shape index (κ3) is 3.01. The minimum Gasteiger partial charge on any atom is -0.312 e. The third-order valence-electron chi connectivity index (χ3n) is 1.87. The lowest BCUT2D eigenvalue weighted by Gasteiger charge is -2.16. The first-order chi connectivity index (χ1) is 6.21. The van der Waals surface area contributed by atoms with E-state index < -0.39 is 5.54 Å². The Morgan fingerprint density at radius 2 is 2.00 bits per heavy atom. The molecule has 3 nitrogen and oxygen atoms in total. The molecule has 80 valence electrons. The number of amidine groups is 1. The van der Waals surface area contributed by atoms with Gasteiger partial charge in [0, 0.05) is 4.75 Å². The average Bonchev–Trinajstić information content (AvgIpc) is 2.21. The molecule has 1 aliphatic heterocycles. The average molecular weight is 214 g/mol. The highest BCUT2D eigenvalue weighted by atomic mass is 32.2. The zero-order chi connectivity index (χ0) is 11.0. The number of carbonyl (C=O) groups is 1. The number of rotatable bonds is 2. The van der Waals surface area contributed by atoms with Gasteiger partial charge >= 0.3 is 0 Å². The second kappa shape index (κ2) is 3.57. The van der Waals surface area contributed by atoms with Crippen LogP contribution in [0.2, 0.25) is 0 Å². The smallest absolute Gasteiger partial charge is 0.252 e. The Balaban J connectivity index is 2.54. The van der Waals surface area contributed by atoms with Crippen molar-refractivity contribution in [3.8, 4) is 0 Å². The van der Waals surface area contributed by atoms with E-state index in [-0.39, 0.29) is 10.7 Å². The van der Waals surface area contributed by atoms with E-state index in [0.29, 0.717) is 0 Å². The van der Waals surface area contributed by atoms with E-state index in [2.05, 4.69) is 31.1 Å². The maximum absolute atomic E-state index is 11.4. The topological polar surface area (TPSA) is 41.5 Å². The minimum absolute atomic E-state index is 0.00186. The summed E-state index contributed by atoms with van der Waals surface area (Å²) in [5.41, 5.74) is -0.576. The van der Waals surface area contributed by atoms with Crippen molar-refractivity contribution in [1.29, 1.82) is 0 Å². The molecule has 14 heavy (non-hydrogen) atoms. The molecule has 0 saturated heterocycles. The van der Waals surface area contributed by atoms with Gasteiger partial charge in [-0.05, 0) is 13.8 Å². The highest BCUT2D eigenvalue weighted by Crippen LogP contribution is 2.24. The third-order valence-corrected chi connectivity index (χ3v) is 3.15. The van der Waals surface area contributed by atoms with E-state index in [9.17, 15) is 4.79 Å².